The number of rotatable bonds is 10. The molecule has 0 saturated carbocycles. The first-order valence-electron chi connectivity index (χ1n) is 9.16. The van der Waals surface area contributed by atoms with Crippen LogP contribution in [0.2, 0.25) is 0 Å². The molecule has 0 unspecified atom stereocenters. The van der Waals surface area contributed by atoms with E-state index >= 15 is 0 Å². The fourth-order valence-electron chi connectivity index (χ4n) is 2.46. The molecule has 1 amide bonds. The number of esters is 2. The highest BCUT2D eigenvalue weighted by molar-refractivity contribution is 7.89. The first-order valence-corrected chi connectivity index (χ1v) is 11.5. The van der Waals surface area contributed by atoms with Crippen LogP contribution in [0.3, 0.4) is 0 Å². The highest BCUT2D eigenvalue weighted by atomic mass is 32.2. The third-order valence-corrected chi connectivity index (χ3v) is 6.77. The summed E-state index contributed by atoms with van der Waals surface area (Å²) in [5.74, 6) is -2.27. The summed E-state index contributed by atoms with van der Waals surface area (Å²) >= 11 is 1.07. The van der Waals surface area contributed by atoms with Crippen molar-refractivity contribution in [3.63, 3.8) is 0 Å². The van der Waals surface area contributed by atoms with Gasteiger partial charge < -0.3 is 25.2 Å². The summed E-state index contributed by atoms with van der Waals surface area (Å²) in [7, 11) is 0.0857. The molecule has 2 rings (SSSR count). The van der Waals surface area contributed by atoms with E-state index in [1.165, 1.54) is 39.4 Å². The van der Waals surface area contributed by atoms with Gasteiger partial charge in [-0.05, 0) is 29.6 Å². The molecule has 0 aliphatic rings. The van der Waals surface area contributed by atoms with Crippen LogP contribution in [0, 0.1) is 0 Å². The lowest BCUT2D eigenvalue weighted by molar-refractivity contribution is -0.119. The second-order valence-corrected chi connectivity index (χ2v) is 9.49. The largest absolute Gasteiger partial charge is 0.465 e. The molecule has 0 aliphatic carbocycles. The van der Waals surface area contributed by atoms with Gasteiger partial charge in [0.05, 0.1) is 29.9 Å². The van der Waals surface area contributed by atoms with Gasteiger partial charge in [0.1, 0.15) is 4.88 Å². The molecule has 13 heteroatoms. The lowest BCUT2D eigenvalue weighted by Crippen LogP contribution is -2.24. The quantitative estimate of drug-likeness (QED) is 0.418. The second-order valence-electron chi connectivity index (χ2n) is 6.42. The number of carbonyl (C=O) groups excluding carboxylic acids is 3. The number of ether oxygens (including phenoxy) is 2. The number of nitrogens with one attached hydrogen (secondary N) is 2. The smallest absolute Gasteiger partial charge is 0.350 e. The zero-order valence-electron chi connectivity index (χ0n) is 17.6. The Bertz CT molecular complexity index is 1100. The highest BCUT2D eigenvalue weighted by Gasteiger charge is 2.23. The number of hydrogen-bond donors (Lipinski definition) is 3. The molecule has 3 N–H and O–H groups in total. The van der Waals surface area contributed by atoms with Gasteiger partial charge >= 0.3 is 11.9 Å². The topological polar surface area (TPSA) is 151 Å². The molecule has 32 heavy (non-hydrogen) atoms. The molecule has 0 fully saturated rings. The van der Waals surface area contributed by atoms with Gasteiger partial charge in [-0.3, -0.25) is 4.79 Å². The SMILES string of the molecule is COC(=O)c1sccc1NC(=O)COC(=O)c1cc(S(=O)(=O)N(C)C)ccc1NCCO. The number of anilines is 2. The summed E-state index contributed by atoms with van der Waals surface area (Å²) in [4.78, 5) is 36.5. The van der Waals surface area contributed by atoms with Gasteiger partial charge in [0.15, 0.2) is 6.61 Å². The van der Waals surface area contributed by atoms with E-state index in [0.29, 0.717) is 0 Å². The standard InChI is InChI=1S/C19H23N3O8S2/c1-22(2)32(27,28)12-4-5-14(20-7-8-23)13(10-12)18(25)30-11-16(24)21-15-6-9-31-17(15)19(26)29-3/h4-6,9-10,20,23H,7-8,11H2,1-3H3,(H,21,24). The van der Waals surface area contributed by atoms with Crippen LogP contribution in [-0.4, -0.2) is 76.6 Å². The lowest BCUT2D eigenvalue weighted by Gasteiger charge is -2.15. The Kier molecular flexibility index (Phi) is 8.72. The molecule has 0 aliphatic heterocycles. The van der Waals surface area contributed by atoms with Crippen molar-refractivity contribution in [1.29, 1.82) is 0 Å². The Morgan fingerprint density at radius 3 is 2.47 bits per heavy atom. The lowest BCUT2D eigenvalue weighted by atomic mass is 10.2. The molecule has 1 heterocycles. The molecule has 0 atom stereocenters. The monoisotopic (exact) mass is 485 g/mol. The molecule has 0 spiro atoms. The molecule has 1 aromatic carbocycles. The van der Waals surface area contributed by atoms with Crippen molar-refractivity contribution in [3.8, 4) is 0 Å². The zero-order chi connectivity index (χ0) is 23.9. The summed E-state index contributed by atoms with van der Waals surface area (Å²) in [6.45, 7) is -0.799. The predicted octanol–water partition coefficient (Wildman–Crippen LogP) is 0.985. The number of carbonyl (C=O) groups is 3. The maximum absolute atomic E-state index is 12.6. The Balaban J connectivity index is 2.18. The van der Waals surface area contributed by atoms with Gasteiger partial charge in [0.2, 0.25) is 10.0 Å². The van der Waals surface area contributed by atoms with Crippen molar-refractivity contribution in [3.05, 3.63) is 40.1 Å². The van der Waals surface area contributed by atoms with Crippen molar-refractivity contribution in [2.75, 3.05) is 51.6 Å². The van der Waals surface area contributed by atoms with Crippen LogP contribution < -0.4 is 10.6 Å². The van der Waals surface area contributed by atoms with Crippen LogP contribution in [0.15, 0.2) is 34.5 Å². The first kappa shape index (κ1) is 25.3. The number of aliphatic hydroxyl groups excluding tert-OH is 1. The summed E-state index contributed by atoms with van der Waals surface area (Å²) in [6.07, 6.45) is 0. The summed E-state index contributed by atoms with van der Waals surface area (Å²) in [5, 5.41) is 15.9. The second kappa shape index (κ2) is 11.0. The molecule has 1 aromatic heterocycles. The van der Waals surface area contributed by atoms with Crippen molar-refractivity contribution < 1.29 is 37.4 Å². The number of hydrogen-bond acceptors (Lipinski definition) is 10. The molecule has 0 saturated heterocycles. The van der Waals surface area contributed by atoms with Crippen molar-refractivity contribution in [2.45, 2.75) is 4.90 Å². The Morgan fingerprint density at radius 1 is 1.12 bits per heavy atom. The van der Waals surface area contributed by atoms with Crippen LogP contribution in [0.1, 0.15) is 20.0 Å². The Morgan fingerprint density at radius 2 is 1.84 bits per heavy atom. The molecule has 0 radical (unpaired) electrons. The number of nitrogens with zero attached hydrogens (tertiary/aromatic N) is 1. The molecule has 11 nitrogen and oxygen atoms in total. The number of aliphatic hydroxyl groups is 1. The van der Waals surface area contributed by atoms with Gasteiger partial charge in [-0.25, -0.2) is 22.3 Å². The third kappa shape index (κ3) is 6.03. The van der Waals surface area contributed by atoms with Gasteiger partial charge in [0, 0.05) is 26.3 Å². The molecular weight excluding hydrogens is 462 g/mol. The van der Waals surface area contributed by atoms with E-state index in [2.05, 4.69) is 15.4 Å². The van der Waals surface area contributed by atoms with Crippen molar-refractivity contribution in [1.82, 2.24) is 4.31 Å². The van der Waals surface area contributed by atoms with Crippen molar-refractivity contribution >= 4 is 50.6 Å². The minimum atomic E-state index is -3.82. The number of thiophene rings is 1. The maximum Gasteiger partial charge on any atom is 0.350 e. The number of sulfonamides is 1. The predicted molar refractivity (Wildman–Crippen MR) is 117 cm³/mol. The summed E-state index contributed by atoms with van der Waals surface area (Å²) in [5.41, 5.74) is 0.320. The van der Waals surface area contributed by atoms with E-state index < -0.39 is 34.5 Å². The number of methoxy groups -OCH3 is 1. The Labute approximate surface area is 189 Å². The van der Waals surface area contributed by atoms with E-state index in [4.69, 9.17) is 9.84 Å². The van der Waals surface area contributed by atoms with Crippen LogP contribution in [0.4, 0.5) is 11.4 Å². The Hall–Kier alpha value is -3.00. The van der Waals surface area contributed by atoms with Crippen LogP contribution in [0.5, 0.6) is 0 Å². The first-order chi connectivity index (χ1) is 15.1. The van der Waals surface area contributed by atoms with Crippen LogP contribution >= 0.6 is 11.3 Å². The molecule has 2 aromatic rings. The van der Waals surface area contributed by atoms with Gasteiger partial charge in [-0.1, -0.05) is 0 Å². The van der Waals surface area contributed by atoms with E-state index in [1.807, 2.05) is 0 Å². The summed E-state index contributed by atoms with van der Waals surface area (Å²) < 4.78 is 35.5. The van der Waals surface area contributed by atoms with E-state index in [9.17, 15) is 22.8 Å². The molecular formula is C19H23N3O8S2. The molecule has 174 valence electrons. The molecule has 0 bridgehead atoms. The average molecular weight is 486 g/mol. The van der Waals surface area contributed by atoms with E-state index in [0.717, 1.165) is 21.7 Å². The maximum atomic E-state index is 12.6. The fraction of sp³-hybridized carbons (Fsp3) is 0.316. The van der Waals surface area contributed by atoms with E-state index in [1.54, 1.807) is 5.38 Å². The third-order valence-electron chi connectivity index (χ3n) is 4.06. The van der Waals surface area contributed by atoms with Gasteiger partial charge in [0.25, 0.3) is 5.91 Å². The highest BCUT2D eigenvalue weighted by Crippen LogP contribution is 2.24. The zero-order valence-corrected chi connectivity index (χ0v) is 19.2. The van der Waals surface area contributed by atoms with Crippen LogP contribution in [0.25, 0.3) is 0 Å². The summed E-state index contributed by atoms with van der Waals surface area (Å²) in [6, 6.07) is 5.31. The minimum absolute atomic E-state index is 0.106. The number of benzene rings is 1. The van der Waals surface area contributed by atoms with Gasteiger partial charge in [-0.2, -0.15) is 0 Å². The minimum Gasteiger partial charge on any atom is -0.465 e. The fourth-order valence-corrected chi connectivity index (χ4v) is 4.16. The van der Waals surface area contributed by atoms with Crippen molar-refractivity contribution in [2.24, 2.45) is 0 Å². The van der Waals surface area contributed by atoms with Crippen LogP contribution in [-0.2, 0) is 24.3 Å². The normalized spacial score (nSPS) is 11.2. The number of amides is 1. The van der Waals surface area contributed by atoms with E-state index in [-0.39, 0.29) is 39.9 Å². The average Bonchev–Trinajstić information content (AvgIpc) is 3.23. The van der Waals surface area contributed by atoms with Gasteiger partial charge in [-0.15, -0.1) is 11.3 Å².